The first kappa shape index (κ1) is 106. The molecule has 0 spiro atoms. The molecule has 0 N–H and O–H groups in total. The average Bonchev–Trinajstić information content (AvgIpc) is 1.62. The number of amides is 6. The fraction of sp³-hybridized carbons (Fsp3) is 0.309. The van der Waals surface area contributed by atoms with Crippen molar-refractivity contribution in [2.24, 2.45) is 11.8 Å². The summed E-state index contributed by atoms with van der Waals surface area (Å²) in [4.78, 5) is 99.2. The second-order valence-electron chi connectivity index (χ2n) is 35.9. The first-order valence-electron chi connectivity index (χ1n) is 46.8. The molecule has 740 valence electrons. The smallest absolute Gasteiger partial charge is 0.333 e. The number of fused-ring (bicyclic) bond motifs is 6. The molecule has 2 saturated carbocycles. The van der Waals surface area contributed by atoms with Crippen LogP contribution >= 0.6 is 114 Å². The topological polar surface area (TPSA) is 148 Å². The number of nitrogens with zero attached hydrogens (tertiary/aromatic N) is 8. The van der Waals surface area contributed by atoms with Crippen LogP contribution in [0.25, 0.3) is 12.2 Å². The summed E-state index contributed by atoms with van der Waals surface area (Å²) in [6, 6.07) is 52.5. The number of aryl methyl sites for hydroxylation is 2. The Labute approximate surface area is 865 Å². The molecule has 6 amide bonds. The van der Waals surface area contributed by atoms with Gasteiger partial charge in [0.25, 0.3) is 0 Å². The number of alkyl halides is 6. The van der Waals surface area contributed by atoms with Gasteiger partial charge in [-0.25, -0.2) is 8.78 Å². The Hall–Kier alpha value is -10.8. The first-order chi connectivity index (χ1) is 68.3. The fourth-order valence-corrected chi connectivity index (χ4v) is 27.4. The maximum absolute atomic E-state index is 14.2. The lowest BCUT2D eigenvalue weighted by Crippen LogP contribution is -2.39. The van der Waals surface area contributed by atoms with E-state index >= 15 is 0 Å². The van der Waals surface area contributed by atoms with Crippen molar-refractivity contribution in [2.45, 2.75) is 165 Å². The second kappa shape index (κ2) is 48.8. The van der Waals surface area contributed by atoms with Crippen LogP contribution in [0, 0.1) is 37.3 Å². The number of halogens is 12. The van der Waals surface area contributed by atoms with Crippen LogP contribution in [0.5, 0.6) is 0 Å². The summed E-state index contributed by atoms with van der Waals surface area (Å²) >= 11 is 33.9. The third-order valence-electron chi connectivity index (χ3n) is 26.9. The first-order valence-corrected chi connectivity index (χ1v) is 53.4. The van der Waals surface area contributed by atoms with Gasteiger partial charge in [0.1, 0.15) is 11.6 Å². The molecule has 14 nitrogen and oxygen atoms in total. The summed E-state index contributed by atoms with van der Waals surface area (Å²) in [5, 5.41) is 4.37. The van der Waals surface area contributed by atoms with Gasteiger partial charge in [-0.3, -0.25) is 38.7 Å². The molecule has 32 heteroatoms. The van der Waals surface area contributed by atoms with Crippen molar-refractivity contribution in [2.75, 3.05) is 39.3 Å². The quantitative estimate of drug-likeness (QED) is 0.0772. The van der Waals surface area contributed by atoms with Gasteiger partial charge in [0.15, 0.2) is 0 Å². The van der Waals surface area contributed by atoms with Crippen LogP contribution in [0.1, 0.15) is 207 Å². The van der Waals surface area contributed by atoms with Gasteiger partial charge >= 0.3 is 12.4 Å². The third kappa shape index (κ3) is 27.3. The number of hydrogen-bond donors (Lipinski definition) is 0. The van der Waals surface area contributed by atoms with E-state index in [0.717, 1.165) is 79.0 Å². The molecular formula is C110H104Cl4F8N8O6S6. The van der Waals surface area contributed by atoms with Gasteiger partial charge < -0.3 is 29.4 Å². The minimum absolute atomic E-state index is 0.00518. The molecule has 0 radical (unpaired) electrons. The Bertz CT molecular complexity index is 6200. The predicted octanol–water partition coefficient (Wildman–Crippen LogP) is 28.7. The van der Waals surface area contributed by atoms with Crippen LogP contribution in [0.4, 0.5) is 35.1 Å². The van der Waals surface area contributed by atoms with Gasteiger partial charge in [-0.05, 0) is 226 Å². The summed E-state index contributed by atoms with van der Waals surface area (Å²) in [7, 11) is 0. The van der Waals surface area contributed by atoms with Crippen LogP contribution in [0.3, 0.4) is 0 Å². The summed E-state index contributed by atoms with van der Waals surface area (Å²) in [5.41, 5.74) is 14.4. The van der Waals surface area contributed by atoms with E-state index in [2.05, 4.69) is 108 Å². The summed E-state index contributed by atoms with van der Waals surface area (Å²) in [6.07, 6.45) is 18.3. The largest absolute Gasteiger partial charge is 0.409 e. The van der Waals surface area contributed by atoms with Gasteiger partial charge in [-0.2, -0.15) is 26.3 Å². The predicted molar refractivity (Wildman–Crippen MR) is 557 cm³/mol. The summed E-state index contributed by atoms with van der Waals surface area (Å²) < 4.78 is 105. The van der Waals surface area contributed by atoms with Crippen LogP contribution in [-0.4, -0.2) is 126 Å². The highest BCUT2D eigenvalue weighted by Gasteiger charge is 2.41. The number of rotatable bonds is 14. The molecule has 8 aliphatic rings. The van der Waals surface area contributed by atoms with Crippen molar-refractivity contribution < 1.29 is 63.9 Å². The molecule has 12 aromatic rings. The van der Waals surface area contributed by atoms with E-state index in [1.54, 1.807) is 131 Å². The number of carbonyl (C=O) groups excluding carboxylic acids is 6. The van der Waals surface area contributed by atoms with E-state index in [4.69, 9.17) is 46.4 Å². The highest BCUT2D eigenvalue weighted by atomic mass is 35.5. The van der Waals surface area contributed by atoms with Crippen molar-refractivity contribution in [3.05, 3.63) is 391 Å². The lowest BCUT2D eigenvalue weighted by Gasteiger charge is -2.38. The number of aromatic nitrogens is 2. The van der Waals surface area contributed by atoms with Gasteiger partial charge in [0.05, 0.1) is 68.0 Å². The number of thiophene rings is 6. The monoisotopic (exact) mass is 2120 g/mol. The van der Waals surface area contributed by atoms with Crippen molar-refractivity contribution in [3.8, 4) is 0 Å². The van der Waals surface area contributed by atoms with Crippen LogP contribution in [0.15, 0.2) is 255 Å². The molecule has 20 rings (SSSR count). The number of pyridine rings is 2. The molecular weight excluding hydrogens is 2020 g/mol. The highest BCUT2D eigenvalue weighted by molar-refractivity contribution is 7.17. The van der Waals surface area contributed by atoms with Crippen molar-refractivity contribution in [1.29, 1.82) is 0 Å². The average molecular weight is 2120 g/mol. The standard InChI is InChI=1S/2C22H19ClN2OS.2C17H12ClF4NOS.2C16H21NOS/c2*1-15-6-2-3-8-17(15)19-13-25(14-20-18(19)12-21(23)27-20)22(26)10-9-16-7-4-5-11-24-16;2*18-15-7-11-12(10-3-1-2-4-13(10)19)8-23(9-14(11)25-15)16(24)5-6-17(20,21)22;2*1-2-16(18)17-10-14(12-6-4-3-5-7-12)13-8-9-19-15(13)11-17/h2*2-12,19H,13-14H2,1H3;2*1-7,12H,8-9H2;2*2,8-9,12,14H,1,3-7,10-11H2/b2*10-9+;2*6-5+;;/t2*19-;2*12-;2*14-/m101010/s1. The number of hydrogen-bond acceptors (Lipinski definition) is 14. The Morgan fingerprint density at radius 2 is 0.634 bits per heavy atom. The number of benzene rings is 4. The Kier molecular flexibility index (Phi) is 36.2. The van der Waals surface area contributed by atoms with Gasteiger partial charge in [0, 0.05) is 153 Å². The molecule has 2 fully saturated rings. The lowest BCUT2D eigenvalue weighted by molar-refractivity contribution is -0.128. The minimum Gasteiger partial charge on any atom is -0.333 e. The van der Waals surface area contributed by atoms with E-state index in [9.17, 15) is 63.9 Å². The fourth-order valence-electron chi connectivity index (χ4n) is 20.0. The normalized spacial score (nSPS) is 19.0. The van der Waals surface area contributed by atoms with E-state index in [1.807, 2.05) is 68.1 Å². The molecule has 0 unspecified atom stereocenters. The van der Waals surface area contributed by atoms with E-state index in [-0.39, 0.29) is 73.8 Å². The summed E-state index contributed by atoms with van der Waals surface area (Å²) in [6.45, 7) is 17.8. The second-order valence-corrected chi connectivity index (χ2v) is 45.0. The van der Waals surface area contributed by atoms with Crippen molar-refractivity contribution >= 4 is 162 Å². The third-order valence-corrected chi connectivity index (χ3v) is 33.8. The molecule has 142 heavy (non-hydrogen) atoms. The van der Waals surface area contributed by atoms with Gasteiger partial charge in [0.2, 0.25) is 35.4 Å². The number of allylic oxidation sites excluding steroid dienone is 2. The summed E-state index contributed by atoms with van der Waals surface area (Å²) in [5.74, 6) is -0.262. The molecule has 8 aromatic heterocycles. The molecule has 6 aliphatic heterocycles. The highest BCUT2D eigenvalue weighted by Crippen LogP contribution is 2.49. The van der Waals surface area contributed by atoms with Gasteiger partial charge in [-0.1, -0.05) is 195 Å². The molecule has 0 bridgehead atoms. The zero-order valence-electron chi connectivity index (χ0n) is 77.9. The molecule has 6 atom stereocenters. The molecule has 0 saturated heterocycles. The maximum atomic E-state index is 14.2. The molecule has 2 aliphatic carbocycles. The zero-order chi connectivity index (χ0) is 100. The Balaban J connectivity index is 0.000000129. The van der Waals surface area contributed by atoms with E-state index in [1.165, 1.54) is 185 Å². The number of carbonyl (C=O) groups is 6. The Morgan fingerprint density at radius 3 is 0.937 bits per heavy atom. The van der Waals surface area contributed by atoms with Crippen LogP contribution in [0.2, 0.25) is 17.3 Å². The van der Waals surface area contributed by atoms with Crippen LogP contribution in [-0.2, 0) is 68.0 Å². The van der Waals surface area contributed by atoms with E-state index in [0.29, 0.717) is 70.0 Å². The maximum Gasteiger partial charge on any atom is 0.409 e. The molecule has 4 aromatic carbocycles. The molecule has 14 heterocycles. The van der Waals surface area contributed by atoms with Crippen LogP contribution < -0.4 is 0 Å². The lowest BCUT2D eigenvalue weighted by atomic mass is 9.75. The van der Waals surface area contributed by atoms with Crippen molar-refractivity contribution in [3.63, 3.8) is 0 Å². The van der Waals surface area contributed by atoms with Gasteiger partial charge in [-0.15, -0.1) is 68.0 Å². The zero-order valence-corrected chi connectivity index (χ0v) is 85.8. The van der Waals surface area contributed by atoms with Crippen molar-refractivity contribution in [1.82, 2.24) is 39.4 Å². The van der Waals surface area contributed by atoms with E-state index < -0.39 is 47.6 Å². The minimum atomic E-state index is -4.56. The SMILES string of the molecule is C=CC(=O)N1Cc2sccc2[C@@H](C2CCCCC2)C1.C=CC(=O)N1Cc2sccc2[C@H](C2CCCCC2)C1.Cc1ccccc1[C@@H]1CN(C(=O)/C=C/c2ccccn2)Cc2sc(Cl)cc21.Cc1ccccc1[C@H]1CN(C(=O)/C=C/c2ccccn2)Cc2sc(Cl)cc21.O=C(/C=C/C(F)(F)F)N1Cc2sc(Cl)cc2[C@@H](c2ccccc2F)C1.O=C(/C=C/C(F)(F)F)N1Cc2sc(Cl)cc2[C@H](c2ccccc2F)C1. The Morgan fingerprint density at radius 1 is 0.345 bits per heavy atom.